The SMILES string of the molecule is CC.CC(C)c1ccc(C/C(=N/N)NN)cc1.CC(C)c1ccc(CN)n2ccnc12. The molecule has 0 amide bonds. The van der Waals surface area contributed by atoms with Crippen molar-refractivity contribution < 1.29 is 0 Å². The van der Waals surface area contributed by atoms with Gasteiger partial charge in [0.25, 0.3) is 0 Å². The highest BCUT2D eigenvalue weighted by molar-refractivity contribution is 5.83. The lowest BCUT2D eigenvalue weighted by molar-refractivity contribution is 0.849. The molecule has 0 saturated heterocycles. The fraction of sp³-hybridized carbons (Fsp3) is 0.417. The Balaban J connectivity index is 0.000000287. The fourth-order valence-corrected chi connectivity index (χ4v) is 3.05. The molecule has 0 aliphatic carbocycles. The lowest BCUT2D eigenvalue weighted by Crippen LogP contribution is -2.32. The first-order valence-corrected chi connectivity index (χ1v) is 10.9. The molecular weight excluding hydrogens is 386 g/mol. The van der Waals surface area contributed by atoms with Gasteiger partial charge < -0.3 is 21.4 Å². The van der Waals surface area contributed by atoms with Gasteiger partial charge in [0, 0.05) is 31.1 Å². The highest BCUT2D eigenvalue weighted by Crippen LogP contribution is 2.20. The highest BCUT2D eigenvalue weighted by Gasteiger charge is 2.08. The van der Waals surface area contributed by atoms with Crippen LogP contribution < -0.4 is 22.8 Å². The van der Waals surface area contributed by atoms with Crippen molar-refractivity contribution in [2.24, 2.45) is 22.5 Å². The number of pyridine rings is 1. The number of aromatic nitrogens is 2. The molecule has 170 valence electrons. The second-order valence-corrected chi connectivity index (χ2v) is 7.55. The first-order valence-electron chi connectivity index (χ1n) is 10.9. The van der Waals surface area contributed by atoms with Gasteiger partial charge >= 0.3 is 0 Å². The molecule has 3 rings (SSSR count). The third-order valence-electron chi connectivity index (χ3n) is 4.84. The summed E-state index contributed by atoms with van der Waals surface area (Å²) in [5, 5.41) is 3.54. The number of nitrogens with one attached hydrogen (secondary N) is 1. The second-order valence-electron chi connectivity index (χ2n) is 7.55. The summed E-state index contributed by atoms with van der Waals surface area (Å²) in [5.41, 5.74) is 14.0. The van der Waals surface area contributed by atoms with Gasteiger partial charge in [-0.1, -0.05) is 71.9 Å². The predicted octanol–water partition coefficient (Wildman–Crippen LogP) is 4.03. The summed E-state index contributed by atoms with van der Waals surface area (Å²) in [6, 6.07) is 12.6. The number of imidazole rings is 1. The molecule has 0 unspecified atom stereocenters. The minimum atomic E-state index is 0.492. The largest absolute Gasteiger partial charge is 0.325 e. The molecule has 7 heteroatoms. The van der Waals surface area contributed by atoms with E-state index < -0.39 is 0 Å². The van der Waals surface area contributed by atoms with Gasteiger partial charge in [-0.05, 0) is 34.6 Å². The average Bonchev–Trinajstić information content (AvgIpc) is 3.28. The Labute approximate surface area is 186 Å². The van der Waals surface area contributed by atoms with Crippen molar-refractivity contribution >= 4 is 11.5 Å². The van der Waals surface area contributed by atoms with E-state index in [2.05, 4.69) is 84.0 Å². The summed E-state index contributed by atoms with van der Waals surface area (Å²) < 4.78 is 2.06. The van der Waals surface area contributed by atoms with Gasteiger partial charge in [-0.3, -0.25) is 0 Å². The number of hydrazine groups is 1. The van der Waals surface area contributed by atoms with Gasteiger partial charge in [0.1, 0.15) is 11.5 Å². The van der Waals surface area contributed by atoms with Crippen LogP contribution in [0.5, 0.6) is 0 Å². The molecule has 7 N–H and O–H groups in total. The molecule has 0 saturated carbocycles. The lowest BCUT2D eigenvalue weighted by Gasteiger charge is -2.10. The Morgan fingerprint density at radius 3 is 2.16 bits per heavy atom. The molecule has 31 heavy (non-hydrogen) atoms. The number of nitrogens with zero attached hydrogens (tertiary/aromatic N) is 3. The van der Waals surface area contributed by atoms with Gasteiger partial charge in [-0.25, -0.2) is 10.8 Å². The van der Waals surface area contributed by atoms with Crippen molar-refractivity contribution in [1.29, 1.82) is 0 Å². The zero-order valence-electron chi connectivity index (χ0n) is 19.8. The van der Waals surface area contributed by atoms with E-state index in [1.165, 1.54) is 11.1 Å². The molecular formula is C24H39N7. The lowest BCUT2D eigenvalue weighted by atomic mass is 10.0. The third-order valence-corrected chi connectivity index (χ3v) is 4.84. The first kappa shape index (κ1) is 26.1. The molecule has 2 aromatic heterocycles. The summed E-state index contributed by atoms with van der Waals surface area (Å²) in [6.07, 6.45) is 4.41. The third kappa shape index (κ3) is 7.38. The smallest absolute Gasteiger partial charge is 0.140 e. The standard InChI is InChI=1S/C11H18N4.C11H15N3.C2H6/c1-8(2)10-5-3-9(4-6-10)7-11(14-12)15-13;1-8(2)10-4-3-9(7-12)14-6-5-13-11(10)14;1-2/h3-6,8H,7,12-13H2,1-2H3,(H,14,15);3-6,8H,7,12H2,1-2H3;1-2H3. The quantitative estimate of drug-likeness (QED) is 0.213. The van der Waals surface area contributed by atoms with E-state index in [9.17, 15) is 0 Å². The van der Waals surface area contributed by atoms with Crippen LogP contribution in [-0.2, 0) is 13.0 Å². The highest BCUT2D eigenvalue weighted by atomic mass is 15.3. The molecule has 3 aromatic rings. The summed E-state index contributed by atoms with van der Waals surface area (Å²) in [4.78, 5) is 4.36. The molecule has 0 bridgehead atoms. The van der Waals surface area contributed by atoms with Crippen LogP contribution in [-0.4, -0.2) is 15.2 Å². The van der Waals surface area contributed by atoms with E-state index in [0.29, 0.717) is 30.6 Å². The normalized spacial score (nSPS) is 11.1. The van der Waals surface area contributed by atoms with Crippen molar-refractivity contribution in [3.8, 4) is 0 Å². The first-order chi connectivity index (χ1) is 14.9. The van der Waals surface area contributed by atoms with Crippen molar-refractivity contribution in [2.45, 2.75) is 66.3 Å². The van der Waals surface area contributed by atoms with Crippen LogP contribution in [0.1, 0.15) is 75.8 Å². The number of hydrazone groups is 1. The average molecular weight is 426 g/mol. The van der Waals surface area contributed by atoms with Crippen molar-refractivity contribution in [2.75, 3.05) is 0 Å². The van der Waals surface area contributed by atoms with Gasteiger partial charge in [0.15, 0.2) is 0 Å². The fourth-order valence-electron chi connectivity index (χ4n) is 3.05. The van der Waals surface area contributed by atoms with E-state index >= 15 is 0 Å². The number of hydrogen-bond acceptors (Lipinski definition) is 5. The summed E-state index contributed by atoms with van der Waals surface area (Å²) in [5.74, 6) is 12.0. The van der Waals surface area contributed by atoms with E-state index in [1.807, 2.05) is 26.2 Å². The van der Waals surface area contributed by atoms with Crippen LogP contribution in [0, 0.1) is 0 Å². The maximum Gasteiger partial charge on any atom is 0.140 e. The van der Waals surface area contributed by atoms with E-state index in [1.54, 1.807) is 0 Å². The Morgan fingerprint density at radius 2 is 1.68 bits per heavy atom. The summed E-state index contributed by atoms with van der Waals surface area (Å²) in [6.45, 7) is 13.2. The van der Waals surface area contributed by atoms with E-state index in [-0.39, 0.29) is 0 Å². The van der Waals surface area contributed by atoms with Gasteiger partial charge in [0.2, 0.25) is 0 Å². The molecule has 0 aliphatic rings. The Morgan fingerprint density at radius 1 is 1.03 bits per heavy atom. The van der Waals surface area contributed by atoms with Crippen LogP contribution in [0.4, 0.5) is 0 Å². The predicted molar refractivity (Wildman–Crippen MR) is 132 cm³/mol. The van der Waals surface area contributed by atoms with Crippen molar-refractivity contribution in [1.82, 2.24) is 14.8 Å². The molecule has 1 aromatic carbocycles. The molecule has 0 radical (unpaired) electrons. The minimum absolute atomic E-state index is 0.492. The van der Waals surface area contributed by atoms with Crippen molar-refractivity contribution in [3.63, 3.8) is 0 Å². The van der Waals surface area contributed by atoms with Crippen LogP contribution in [0.2, 0.25) is 0 Å². The zero-order chi connectivity index (χ0) is 23.4. The number of benzene rings is 1. The molecule has 0 fully saturated rings. The molecule has 2 heterocycles. The van der Waals surface area contributed by atoms with E-state index in [4.69, 9.17) is 17.4 Å². The maximum atomic E-state index is 5.65. The number of fused-ring (bicyclic) bond motifs is 1. The Kier molecular flexibility index (Phi) is 11.3. The number of hydrogen-bond donors (Lipinski definition) is 4. The summed E-state index contributed by atoms with van der Waals surface area (Å²) >= 11 is 0. The minimum Gasteiger partial charge on any atom is -0.325 e. The molecule has 0 spiro atoms. The monoisotopic (exact) mass is 425 g/mol. The van der Waals surface area contributed by atoms with Gasteiger partial charge in [0.05, 0.1) is 0 Å². The Bertz CT molecular complexity index is 925. The maximum absolute atomic E-state index is 5.65. The molecule has 0 aliphatic heterocycles. The molecule has 7 nitrogen and oxygen atoms in total. The summed E-state index contributed by atoms with van der Waals surface area (Å²) in [7, 11) is 0. The van der Waals surface area contributed by atoms with Crippen LogP contribution in [0.25, 0.3) is 5.65 Å². The van der Waals surface area contributed by atoms with Gasteiger partial charge in [-0.2, -0.15) is 5.10 Å². The van der Waals surface area contributed by atoms with E-state index in [0.717, 1.165) is 16.9 Å². The Hall–Kier alpha value is -2.90. The number of rotatable bonds is 5. The topological polar surface area (TPSA) is 120 Å². The van der Waals surface area contributed by atoms with Crippen LogP contribution >= 0.6 is 0 Å². The number of nitrogens with two attached hydrogens (primary N) is 3. The van der Waals surface area contributed by atoms with Gasteiger partial charge in [-0.15, -0.1) is 0 Å². The van der Waals surface area contributed by atoms with Crippen LogP contribution in [0.3, 0.4) is 0 Å². The zero-order valence-corrected chi connectivity index (χ0v) is 19.8. The van der Waals surface area contributed by atoms with Crippen LogP contribution in [0.15, 0.2) is 53.9 Å². The molecule has 0 atom stereocenters. The van der Waals surface area contributed by atoms with Crippen molar-refractivity contribution in [3.05, 3.63) is 71.2 Å². The number of amidine groups is 1. The second kappa shape index (κ2) is 13.4.